The molecule has 0 bridgehead atoms. The minimum Gasteiger partial charge on any atom is -0.383 e. The number of hydrogen-bond acceptors (Lipinski definition) is 5. The summed E-state index contributed by atoms with van der Waals surface area (Å²) < 4.78 is 4.87. The Bertz CT molecular complexity index is 583. The molecular formula is C19H30N4O3. The third kappa shape index (κ3) is 5.71. The Morgan fingerprint density at radius 1 is 1.12 bits per heavy atom. The first-order valence-corrected chi connectivity index (χ1v) is 9.09. The van der Waals surface area contributed by atoms with Crippen molar-refractivity contribution in [2.24, 2.45) is 0 Å². The van der Waals surface area contributed by atoms with Crippen LogP contribution in [-0.2, 0) is 14.3 Å². The third-order valence-electron chi connectivity index (χ3n) is 4.63. The summed E-state index contributed by atoms with van der Waals surface area (Å²) in [5.41, 5.74) is 2.29. The molecule has 7 nitrogen and oxygen atoms in total. The SMILES string of the molecule is COCCNC(=O)C(=O)NC[C@H](c1ccc(N(C)C)cc1)N1CCCC1. The average Bonchev–Trinajstić information content (AvgIpc) is 3.16. The maximum absolute atomic E-state index is 12.0. The first kappa shape index (κ1) is 20.2. The second-order valence-corrected chi connectivity index (χ2v) is 6.70. The Morgan fingerprint density at radius 3 is 2.31 bits per heavy atom. The lowest BCUT2D eigenvalue weighted by molar-refractivity contribution is -0.139. The fraction of sp³-hybridized carbons (Fsp3) is 0.579. The molecule has 2 N–H and O–H groups in total. The zero-order valence-electron chi connectivity index (χ0n) is 16.0. The fourth-order valence-electron chi connectivity index (χ4n) is 3.12. The third-order valence-corrected chi connectivity index (χ3v) is 4.63. The van der Waals surface area contributed by atoms with Gasteiger partial charge in [0.15, 0.2) is 0 Å². The van der Waals surface area contributed by atoms with Gasteiger partial charge in [0.2, 0.25) is 0 Å². The maximum Gasteiger partial charge on any atom is 0.309 e. The molecule has 0 saturated carbocycles. The van der Waals surface area contributed by atoms with Gasteiger partial charge in [-0.15, -0.1) is 0 Å². The molecule has 1 saturated heterocycles. The lowest BCUT2D eigenvalue weighted by Crippen LogP contribution is -2.44. The number of amides is 2. The number of carbonyl (C=O) groups is 2. The highest BCUT2D eigenvalue weighted by Gasteiger charge is 2.25. The van der Waals surface area contributed by atoms with Crippen LogP contribution in [-0.4, -0.2) is 70.7 Å². The summed E-state index contributed by atoms with van der Waals surface area (Å²) in [5.74, 6) is -1.22. The predicted molar refractivity (Wildman–Crippen MR) is 102 cm³/mol. The van der Waals surface area contributed by atoms with Crippen LogP contribution in [0.4, 0.5) is 5.69 Å². The van der Waals surface area contributed by atoms with Crippen LogP contribution in [0.25, 0.3) is 0 Å². The Morgan fingerprint density at radius 2 is 1.73 bits per heavy atom. The van der Waals surface area contributed by atoms with Gasteiger partial charge < -0.3 is 20.3 Å². The van der Waals surface area contributed by atoms with Crippen LogP contribution in [0.2, 0.25) is 0 Å². The highest BCUT2D eigenvalue weighted by Crippen LogP contribution is 2.26. The average molecular weight is 362 g/mol. The van der Waals surface area contributed by atoms with Crippen molar-refractivity contribution < 1.29 is 14.3 Å². The summed E-state index contributed by atoms with van der Waals surface area (Å²) in [6.45, 7) is 3.14. The van der Waals surface area contributed by atoms with E-state index in [0.717, 1.165) is 37.2 Å². The summed E-state index contributed by atoms with van der Waals surface area (Å²) >= 11 is 0. The molecule has 0 radical (unpaired) electrons. The van der Waals surface area contributed by atoms with E-state index in [2.05, 4.69) is 44.7 Å². The molecular weight excluding hydrogens is 332 g/mol. The Balaban J connectivity index is 1.99. The summed E-state index contributed by atoms with van der Waals surface area (Å²) in [6, 6.07) is 8.44. The van der Waals surface area contributed by atoms with E-state index in [1.165, 1.54) is 0 Å². The molecule has 1 aliphatic heterocycles. The molecule has 1 atom stereocenters. The topological polar surface area (TPSA) is 73.9 Å². The van der Waals surface area contributed by atoms with E-state index in [9.17, 15) is 9.59 Å². The lowest BCUT2D eigenvalue weighted by atomic mass is 10.0. The van der Waals surface area contributed by atoms with Crippen molar-refractivity contribution in [2.45, 2.75) is 18.9 Å². The van der Waals surface area contributed by atoms with E-state index in [4.69, 9.17) is 4.74 Å². The molecule has 1 heterocycles. The minimum atomic E-state index is -0.620. The van der Waals surface area contributed by atoms with Gasteiger partial charge in [0.05, 0.1) is 12.6 Å². The van der Waals surface area contributed by atoms with E-state index in [1.807, 2.05) is 14.1 Å². The zero-order chi connectivity index (χ0) is 18.9. The van der Waals surface area contributed by atoms with E-state index in [0.29, 0.717) is 19.7 Å². The monoisotopic (exact) mass is 362 g/mol. The molecule has 2 amide bonds. The standard InChI is InChI=1S/C19H30N4O3/c1-22(2)16-8-6-15(7-9-16)17(23-11-4-5-12-23)14-21-19(25)18(24)20-10-13-26-3/h6-9,17H,4-5,10-14H2,1-3H3,(H,20,24)(H,21,25)/t17-/m1/s1. The van der Waals surface area contributed by atoms with Crippen molar-refractivity contribution in [3.63, 3.8) is 0 Å². The fourth-order valence-corrected chi connectivity index (χ4v) is 3.12. The summed E-state index contributed by atoms with van der Waals surface area (Å²) in [6.07, 6.45) is 2.33. The molecule has 7 heteroatoms. The number of benzene rings is 1. The van der Waals surface area contributed by atoms with Crippen LogP contribution in [0.5, 0.6) is 0 Å². The van der Waals surface area contributed by atoms with Crippen LogP contribution in [0, 0.1) is 0 Å². The number of carbonyl (C=O) groups excluding carboxylic acids is 2. The van der Waals surface area contributed by atoms with E-state index in [-0.39, 0.29) is 6.04 Å². The van der Waals surface area contributed by atoms with E-state index in [1.54, 1.807) is 7.11 Å². The molecule has 1 aromatic rings. The first-order chi connectivity index (χ1) is 12.5. The minimum absolute atomic E-state index is 0.0736. The molecule has 144 valence electrons. The van der Waals surface area contributed by atoms with Crippen molar-refractivity contribution in [3.05, 3.63) is 29.8 Å². The molecule has 1 aliphatic rings. The highest BCUT2D eigenvalue weighted by atomic mass is 16.5. The van der Waals surface area contributed by atoms with E-state index >= 15 is 0 Å². The van der Waals surface area contributed by atoms with Crippen LogP contribution in [0.3, 0.4) is 0 Å². The van der Waals surface area contributed by atoms with Gasteiger partial charge in [-0.05, 0) is 43.6 Å². The van der Waals surface area contributed by atoms with Crippen molar-refractivity contribution >= 4 is 17.5 Å². The van der Waals surface area contributed by atoms with Crippen molar-refractivity contribution in [2.75, 3.05) is 58.9 Å². The number of methoxy groups -OCH3 is 1. The quantitative estimate of drug-likeness (QED) is 0.528. The zero-order valence-corrected chi connectivity index (χ0v) is 16.0. The van der Waals surface area contributed by atoms with Gasteiger partial charge in [-0.1, -0.05) is 12.1 Å². The highest BCUT2D eigenvalue weighted by molar-refractivity contribution is 6.35. The molecule has 0 unspecified atom stereocenters. The predicted octanol–water partition coefficient (Wildman–Crippen LogP) is 0.768. The van der Waals surface area contributed by atoms with Gasteiger partial charge in [-0.25, -0.2) is 0 Å². The molecule has 2 rings (SSSR count). The van der Waals surface area contributed by atoms with Crippen molar-refractivity contribution in [1.82, 2.24) is 15.5 Å². The van der Waals surface area contributed by atoms with Crippen LogP contribution in [0.15, 0.2) is 24.3 Å². The second-order valence-electron chi connectivity index (χ2n) is 6.70. The normalized spacial score (nSPS) is 15.5. The van der Waals surface area contributed by atoms with Crippen LogP contribution in [0.1, 0.15) is 24.4 Å². The number of hydrogen-bond donors (Lipinski definition) is 2. The summed E-state index contributed by atoms with van der Waals surface area (Å²) in [5, 5.41) is 5.32. The summed E-state index contributed by atoms with van der Waals surface area (Å²) in [4.78, 5) is 28.3. The van der Waals surface area contributed by atoms with Gasteiger partial charge in [0, 0.05) is 40.0 Å². The number of ether oxygens (including phenoxy) is 1. The summed E-state index contributed by atoms with van der Waals surface area (Å²) in [7, 11) is 5.57. The van der Waals surface area contributed by atoms with Gasteiger partial charge in [0.25, 0.3) is 0 Å². The number of nitrogens with zero attached hydrogens (tertiary/aromatic N) is 2. The Hall–Kier alpha value is -2.12. The largest absolute Gasteiger partial charge is 0.383 e. The molecule has 0 aromatic heterocycles. The van der Waals surface area contributed by atoms with E-state index < -0.39 is 11.8 Å². The second kappa shape index (κ2) is 10.1. The lowest BCUT2D eigenvalue weighted by Gasteiger charge is -2.28. The van der Waals surface area contributed by atoms with Gasteiger partial charge in [-0.2, -0.15) is 0 Å². The van der Waals surface area contributed by atoms with Crippen molar-refractivity contribution in [1.29, 1.82) is 0 Å². The maximum atomic E-state index is 12.0. The van der Waals surface area contributed by atoms with Crippen LogP contribution < -0.4 is 15.5 Å². The Kier molecular flexibility index (Phi) is 7.87. The Labute approximate surface area is 155 Å². The first-order valence-electron chi connectivity index (χ1n) is 9.09. The number of rotatable bonds is 8. The smallest absolute Gasteiger partial charge is 0.309 e. The molecule has 0 spiro atoms. The molecule has 1 aromatic carbocycles. The van der Waals surface area contributed by atoms with Gasteiger partial charge >= 0.3 is 11.8 Å². The number of anilines is 1. The van der Waals surface area contributed by atoms with Crippen molar-refractivity contribution in [3.8, 4) is 0 Å². The molecule has 1 fully saturated rings. The number of likely N-dealkylation sites (tertiary alicyclic amines) is 1. The van der Waals surface area contributed by atoms with Gasteiger partial charge in [-0.3, -0.25) is 14.5 Å². The van der Waals surface area contributed by atoms with Gasteiger partial charge in [0.1, 0.15) is 0 Å². The molecule has 0 aliphatic carbocycles. The number of nitrogens with one attached hydrogen (secondary N) is 2. The van der Waals surface area contributed by atoms with Crippen LogP contribution >= 0.6 is 0 Å². The molecule has 26 heavy (non-hydrogen) atoms.